The highest BCUT2D eigenvalue weighted by Gasteiger charge is 2.47. The van der Waals surface area contributed by atoms with Gasteiger partial charge in [-0.15, -0.1) is 0 Å². The minimum Gasteiger partial charge on any atom is -0.399 e. The standard InChI is InChI=1S/C13H22NO5P/c1-18-9-7-13(8-10-19-2,20(15,16)17)11-3-5-12(14)6-4-11/h3-6H,7-10,14H2,1-2H3,(H2,15,16,17). The number of nitrogen functional groups attached to an aromatic ring is 1. The second kappa shape index (κ2) is 7.20. The van der Waals surface area contributed by atoms with Crippen molar-refractivity contribution in [3.8, 4) is 0 Å². The minimum atomic E-state index is -4.40. The van der Waals surface area contributed by atoms with Crippen LogP contribution in [-0.2, 0) is 19.2 Å². The van der Waals surface area contributed by atoms with Crippen LogP contribution in [0.3, 0.4) is 0 Å². The lowest BCUT2D eigenvalue weighted by Gasteiger charge is -2.34. The first-order valence-electron chi connectivity index (χ1n) is 6.27. The average molecular weight is 303 g/mol. The molecule has 0 amide bonds. The fourth-order valence-electron chi connectivity index (χ4n) is 2.21. The number of hydrogen-bond donors (Lipinski definition) is 3. The smallest absolute Gasteiger partial charge is 0.336 e. The maximum atomic E-state index is 12.1. The molecule has 0 aliphatic heterocycles. The van der Waals surface area contributed by atoms with Gasteiger partial charge in [-0.1, -0.05) is 12.1 Å². The van der Waals surface area contributed by atoms with Gasteiger partial charge >= 0.3 is 7.60 Å². The molecule has 1 rings (SSSR count). The summed E-state index contributed by atoms with van der Waals surface area (Å²) in [4.78, 5) is 19.7. The van der Waals surface area contributed by atoms with Crippen LogP contribution in [0.15, 0.2) is 24.3 Å². The van der Waals surface area contributed by atoms with E-state index in [2.05, 4.69) is 0 Å². The molecule has 0 aliphatic rings. The van der Waals surface area contributed by atoms with Crippen LogP contribution in [-0.4, -0.2) is 37.2 Å². The van der Waals surface area contributed by atoms with Gasteiger partial charge in [0.1, 0.15) is 5.16 Å². The van der Waals surface area contributed by atoms with E-state index in [9.17, 15) is 14.4 Å². The molecule has 1 aromatic rings. The molecule has 7 heteroatoms. The van der Waals surface area contributed by atoms with Crippen LogP contribution >= 0.6 is 7.60 Å². The molecule has 0 radical (unpaired) electrons. The van der Waals surface area contributed by atoms with Gasteiger partial charge in [0, 0.05) is 33.1 Å². The van der Waals surface area contributed by atoms with Gasteiger partial charge in [-0.05, 0) is 30.5 Å². The summed E-state index contributed by atoms with van der Waals surface area (Å²) in [5.74, 6) is 0. The molecule has 0 aliphatic carbocycles. The summed E-state index contributed by atoms with van der Waals surface area (Å²) in [6, 6.07) is 6.58. The van der Waals surface area contributed by atoms with E-state index >= 15 is 0 Å². The molecular formula is C13H22NO5P. The molecule has 0 heterocycles. The monoisotopic (exact) mass is 303 g/mol. The molecule has 0 unspecified atom stereocenters. The third-order valence-electron chi connectivity index (χ3n) is 3.45. The Morgan fingerprint density at radius 3 is 1.90 bits per heavy atom. The Kier molecular flexibility index (Phi) is 6.17. The van der Waals surface area contributed by atoms with Crippen molar-refractivity contribution in [2.75, 3.05) is 33.2 Å². The first-order chi connectivity index (χ1) is 9.37. The number of benzene rings is 1. The maximum absolute atomic E-state index is 12.1. The summed E-state index contributed by atoms with van der Waals surface area (Å²) >= 11 is 0. The van der Waals surface area contributed by atoms with Crippen molar-refractivity contribution in [3.05, 3.63) is 29.8 Å². The van der Waals surface area contributed by atoms with Gasteiger partial charge in [0.25, 0.3) is 0 Å². The lowest BCUT2D eigenvalue weighted by Crippen LogP contribution is -2.29. The fourth-order valence-corrected chi connectivity index (χ4v) is 3.46. The van der Waals surface area contributed by atoms with Crippen LogP contribution in [0, 0.1) is 0 Å². The first kappa shape index (κ1) is 17.1. The Labute approximate surface area is 119 Å². The van der Waals surface area contributed by atoms with Crippen molar-refractivity contribution in [1.82, 2.24) is 0 Å². The van der Waals surface area contributed by atoms with Crippen LogP contribution in [0.4, 0.5) is 5.69 Å². The van der Waals surface area contributed by atoms with Crippen molar-refractivity contribution < 1.29 is 23.8 Å². The number of anilines is 1. The molecule has 114 valence electrons. The van der Waals surface area contributed by atoms with Crippen molar-refractivity contribution in [3.63, 3.8) is 0 Å². The van der Waals surface area contributed by atoms with Gasteiger partial charge in [-0.3, -0.25) is 4.57 Å². The van der Waals surface area contributed by atoms with E-state index < -0.39 is 12.8 Å². The van der Waals surface area contributed by atoms with Gasteiger partial charge in [-0.25, -0.2) is 0 Å². The Bertz CT molecular complexity index is 448. The van der Waals surface area contributed by atoms with E-state index in [1.165, 1.54) is 14.2 Å². The Hall–Kier alpha value is -0.910. The van der Waals surface area contributed by atoms with E-state index in [1.54, 1.807) is 24.3 Å². The maximum Gasteiger partial charge on any atom is 0.336 e. The molecular weight excluding hydrogens is 281 g/mol. The van der Waals surface area contributed by atoms with E-state index in [0.717, 1.165) is 0 Å². The van der Waals surface area contributed by atoms with Crippen molar-refractivity contribution >= 4 is 13.3 Å². The van der Waals surface area contributed by atoms with Crippen molar-refractivity contribution in [1.29, 1.82) is 0 Å². The molecule has 0 atom stereocenters. The summed E-state index contributed by atoms with van der Waals surface area (Å²) in [5.41, 5.74) is 6.73. The third-order valence-corrected chi connectivity index (χ3v) is 5.27. The molecule has 20 heavy (non-hydrogen) atoms. The van der Waals surface area contributed by atoms with Gasteiger partial charge in [0.15, 0.2) is 0 Å². The first-order valence-corrected chi connectivity index (χ1v) is 7.88. The quantitative estimate of drug-likeness (QED) is 0.499. The lowest BCUT2D eigenvalue weighted by atomic mass is 9.91. The summed E-state index contributed by atoms with van der Waals surface area (Å²) in [5, 5.41) is -1.31. The molecule has 0 bridgehead atoms. The second-order valence-electron chi connectivity index (χ2n) is 4.68. The van der Waals surface area contributed by atoms with Crippen molar-refractivity contribution in [2.24, 2.45) is 0 Å². The molecule has 0 aromatic heterocycles. The zero-order valence-corrected chi connectivity index (χ0v) is 12.7. The molecule has 1 aromatic carbocycles. The zero-order valence-electron chi connectivity index (χ0n) is 11.8. The predicted molar refractivity (Wildman–Crippen MR) is 77.6 cm³/mol. The van der Waals surface area contributed by atoms with Crippen LogP contribution in [0.1, 0.15) is 18.4 Å². The van der Waals surface area contributed by atoms with Gasteiger partial charge in [0.2, 0.25) is 0 Å². The van der Waals surface area contributed by atoms with Gasteiger partial charge in [0.05, 0.1) is 0 Å². The minimum absolute atomic E-state index is 0.209. The Morgan fingerprint density at radius 2 is 1.55 bits per heavy atom. The highest BCUT2D eigenvalue weighted by molar-refractivity contribution is 7.53. The predicted octanol–water partition coefficient (Wildman–Crippen LogP) is 1.71. The molecule has 6 nitrogen and oxygen atoms in total. The van der Waals surface area contributed by atoms with E-state index in [1.807, 2.05) is 0 Å². The van der Waals surface area contributed by atoms with Crippen LogP contribution in [0.5, 0.6) is 0 Å². The average Bonchev–Trinajstić information content (AvgIpc) is 2.39. The van der Waals surface area contributed by atoms with Crippen LogP contribution < -0.4 is 5.73 Å². The van der Waals surface area contributed by atoms with E-state index in [-0.39, 0.29) is 26.1 Å². The van der Waals surface area contributed by atoms with Gasteiger partial charge < -0.3 is 25.0 Å². The molecule has 0 saturated heterocycles. The third kappa shape index (κ3) is 3.81. The van der Waals surface area contributed by atoms with Gasteiger partial charge in [-0.2, -0.15) is 0 Å². The molecule has 0 saturated carbocycles. The number of ether oxygens (including phenoxy) is 2. The van der Waals surface area contributed by atoms with E-state index in [4.69, 9.17) is 15.2 Å². The summed E-state index contributed by atoms with van der Waals surface area (Å²) < 4.78 is 22.1. The SMILES string of the molecule is COCCC(CCOC)(c1ccc(N)cc1)P(=O)(O)O. The summed E-state index contributed by atoms with van der Waals surface area (Å²) in [7, 11) is -1.40. The Balaban J connectivity index is 3.27. The largest absolute Gasteiger partial charge is 0.399 e. The fraction of sp³-hybridized carbons (Fsp3) is 0.538. The van der Waals surface area contributed by atoms with E-state index in [0.29, 0.717) is 11.3 Å². The second-order valence-corrected chi connectivity index (χ2v) is 6.63. The molecule has 0 fully saturated rings. The summed E-state index contributed by atoms with van der Waals surface area (Å²) in [6.45, 7) is 0.498. The number of hydrogen-bond acceptors (Lipinski definition) is 4. The highest BCUT2D eigenvalue weighted by Crippen LogP contribution is 2.61. The number of nitrogens with two attached hydrogens (primary N) is 1. The topological polar surface area (TPSA) is 102 Å². The zero-order chi connectivity index (χ0) is 15.2. The molecule has 0 spiro atoms. The molecule has 4 N–H and O–H groups in total. The lowest BCUT2D eigenvalue weighted by molar-refractivity contribution is 0.143. The summed E-state index contributed by atoms with van der Waals surface area (Å²) in [6.07, 6.45) is 0.419. The van der Waals surface area contributed by atoms with Crippen molar-refractivity contribution in [2.45, 2.75) is 18.0 Å². The van der Waals surface area contributed by atoms with Crippen LogP contribution in [0.2, 0.25) is 0 Å². The normalized spacial score (nSPS) is 12.6. The van der Waals surface area contributed by atoms with Crippen LogP contribution in [0.25, 0.3) is 0 Å². The number of methoxy groups -OCH3 is 2. The number of rotatable bonds is 8. The Morgan fingerprint density at radius 1 is 1.10 bits per heavy atom. The highest BCUT2D eigenvalue weighted by atomic mass is 31.2.